The van der Waals surface area contributed by atoms with Gasteiger partial charge in [0.2, 0.25) is 22.8 Å². The predicted molar refractivity (Wildman–Crippen MR) is 147 cm³/mol. The van der Waals surface area contributed by atoms with Crippen LogP contribution in [0.15, 0.2) is 60.7 Å². The van der Waals surface area contributed by atoms with Crippen LogP contribution in [0.3, 0.4) is 0 Å². The Morgan fingerprint density at radius 3 is 1.78 bits per heavy atom. The van der Waals surface area contributed by atoms with Crippen molar-refractivity contribution >= 4 is 34.6 Å². The molecule has 0 saturated carbocycles. The standard InChI is InChI=1S/C28H38N4O4S/c1-18(2)15-23(26(34)30-20(4)28(36)37-17-22-13-9-6-10-14-22)32-27(35)24(31-25(33)19(3)29)16-21-11-7-5-8-12-21/h5-14,18-20,23-24H,15-17,29H2,1-4H3,(H,30,34)(H,31,33)(H,32,35)/t19-,20-,23-,24-/m0/s1. The van der Waals surface area contributed by atoms with Crippen LogP contribution in [-0.4, -0.2) is 47.0 Å². The molecule has 8 nitrogen and oxygen atoms in total. The number of hydrogen-bond acceptors (Lipinski definition) is 6. The molecule has 2 rings (SSSR count). The second-order valence-corrected chi connectivity index (χ2v) is 10.5. The van der Waals surface area contributed by atoms with Crippen molar-refractivity contribution in [2.45, 2.75) is 70.5 Å². The molecule has 0 unspecified atom stereocenters. The van der Waals surface area contributed by atoms with Crippen molar-refractivity contribution in [2.24, 2.45) is 11.7 Å². The van der Waals surface area contributed by atoms with Crippen LogP contribution in [0.2, 0.25) is 0 Å². The molecule has 0 aliphatic carbocycles. The van der Waals surface area contributed by atoms with E-state index in [9.17, 15) is 19.2 Å². The van der Waals surface area contributed by atoms with Crippen molar-refractivity contribution in [2.75, 3.05) is 0 Å². The van der Waals surface area contributed by atoms with E-state index in [1.54, 1.807) is 6.92 Å². The van der Waals surface area contributed by atoms with Gasteiger partial charge in [-0.3, -0.25) is 19.2 Å². The number of rotatable bonds is 13. The monoisotopic (exact) mass is 526 g/mol. The summed E-state index contributed by atoms with van der Waals surface area (Å²) in [4.78, 5) is 51.3. The average Bonchev–Trinajstić information content (AvgIpc) is 2.87. The van der Waals surface area contributed by atoms with Crippen LogP contribution >= 0.6 is 11.8 Å². The topological polar surface area (TPSA) is 130 Å². The van der Waals surface area contributed by atoms with Gasteiger partial charge < -0.3 is 21.7 Å². The van der Waals surface area contributed by atoms with Crippen molar-refractivity contribution in [1.82, 2.24) is 16.0 Å². The highest BCUT2D eigenvalue weighted by molar-refractivity contribution is 8.13. The van der Waals surface area contributed by atoms with E-state index < -0.39 is 41.9 Å². The van der Waals surface area contributed by atoms with Crippen molar-refractivity contribution in [1.29, 1.82) is 0 Å². The first-order valence-electron chi connectivity index (χ1n) is 12.5. The Balaban J connectivity index is 2.06. The summed E-state index contributed by atoms with van der Waals surface area (Å²) in [5, 5.41) is 8.05. The highest BCUT2D eigenvalue weighted by Crippen LogP contribution is 2.15. The van der Waals surface area contributed by atoms with Crippen LogP contribution in [0, 0.1) is 5.92 Å². The van der Waals surface area contributed by atoms with Gasteiger partial charge in [-0.2, -0.15) is 0 Å². The minimum absolute atomic E-state index is 0.0979. The third-order valence-corrected chi connectivity index (χ3v) is 6.72. The largest absolute Gasteiger partial charge is 0.344 e. The Kier molecular flexibility index (Phi) is 12.3. The molecule has 9 heteroatoms. The molecule has 5 N–H and O–H groups in total. The molecule has 0 heterocycles. The lowest BCUT2D eigenvalue weighted by Gasteiger charge is -2.25. The van der Waals surface area contributed by atoms with Gasteiger partial charge in [-0.05, 0) is 37.3 Å². The number of carbonyl (C=O) groups is 4. The van der Waals surface area contributed by atoms with Crippen LogP contribution in [-0.2, 0) is 31.4 Å². The normalized spacial score (nSPS) is 14.2. The summed E-state index contributed by atoms with van der Waals surface area (Å²) in [5.41, 5.74) is 7.57. The molecule has 0 saturated heterocycles. The fourth-order valence-electron chi connectivity index (χ4n) is 3.56. The fourth-order valence-corrected chi connectivity index (χ4v) is 4.37. The lowest BCUT2D eigenvalue weighted by molar-refractivity contribution is -0.133. The molecule has 0 bridgehead atoms. The summed E-state index contributed by atoms with van der Waals surface area (Å²) in [6, 6.07) is 15.6. The van der Waals surface area contributed by atoms with Crippen molar-refractivity contribution in [3.8, 4) is 0 Å². The van der Waals surface area contributed by atoms with Gasteiger partial charge in [0.25, 0.3) is 0 Å². The molecule has 4 atom stereocenters. The van der Waals surface area contributed by atoms with Crippen molar-refractivity contribution < 1.29 is 19.2 Å². The lowest BCUT2D eigenvalue weighted by atomic mass is 10.0. The van der Waals surface area contributed by atoms with Crippen LogP contribution in [0.25, 0.3) is 0 Å². The third-order valence-electron chi connectivity index (χ3n) is 5.61. The summed E-state index contributed by atoms with van der Waals surface area (Å²) in [7, 11) is 0. The van der Waals surface area contributed by atoms with Gasteiger partial charge in [0.15, 0.2) is 0 Å². The van der Waals surface area contributed by atoms with E-state index in [0.29, 0.717) is 12.2 Å². The Morgan fingerprint density at radius 1 is 0.730 bits per heavy atom. The molecule has 200 valence electrons. The van der Waals surface area contributed by atoms with E-state index in [2.05, 4.69) is 16.0 Å². The number of nitrogens with one attached hydrogen (secondary N) is 3. The summed E-state index contributed by atoms with van der Waals surface area (Å²) in [6.45, 7) is 7.05. The summed E-state index contributed by atoms with van der Waals surface area (Å²) < 4.78 is 0. The molecule has 0 aliphatic heterocycles. The predicted octanol–water partition coefficient (Wildman–Crippen LogP) is 2.56. The van der Waals surface area contributed by atoms with Gasteiger partial charge in [-0.15, -0.1) is 0 Å². The minimum atomic E-state index is -0.913. The Morgan fingerprint density at radius 2 is 1.24 bits per heavy atom. The van der Waals surface area contributed by atoms with Crippen LogP contribution in [0.4, 0.5) is 0 Å². The lowest BCUT2D eigenvalue weighted by Crippen LogP contribution is -2.57. The number of benzene rings is 2. The molecule has 0 radical (unpaired) electrons. The second kappa shape index (κ2) is 15.2. The van der Waals surface area contributed by atoms with Gasteiger partial charge in [0, 0.05) is 12.2 Å². The van der Waals surface area contributed by atoms with E-state index in [-0.39, 0.29) is 17.5 Å². The number of thioether (sulfide) groups is 1. The second-order valence-electron chi connectivity index (χ2n) is 9.55. The van der Waals surface area contributed by atoms with E-state index in [1.807, 2.05) is 74.5 Å². The molecule has 0 fully saturated rings. The van der Waals surface area contributed by atoms with E-state index >= 15 is 0 Å². The van der Waals surface area contributed by atoms with Gasteiger partial charge in [-0.25, -0.2) is 0 Å². The Bertz CT molecular complexity index is 1030. The maximum absolute atomic E-state index is 13.3. The van der Waals surface area contributed by atoms with E-state index in [1.165, 1.54) is 6.92 Å². The molecule has 0 spiro atoms. The van der Waals surface area contributed by atoms with Crippen LogP contribution in [0.1, 0.15) is 45.2 Å². The molecule has 0 aliphatic rings. The van der Waals surface area contributed by atoms with Crippen LogP contribution < -0.4 is 21.7 Å². The molecule has 37 heavy (non-hydrogen) atoms. The van der Waals surface area contributed by atoms with Gasteiger partial charge in [0.05, 0.1) is 12.1 Å². The Labute approximate surface area is 223 Å². The number of amides is 3. The zero-order valence-electron chi connectivity index (χ0n) is 21.9. The van der Waals surface area contributed by atoms with E-state index in [4.69, 9.17) is 5.73 Å². The maximum Gasteiger partial charge on any atom is 0.243 e. The van der Waals surface area contributed by atoms with Crippen molar-refractivity contribution in [3.05, 3.63) is 71.8 Å². The Hall–Kier alpha value is -3.17. The molecular weight excluding hydrogens is 488 g/mol. The van der Waals surface area contributed by atoms with Gasteiger partial charge in [-0.1, -0.05) is 86.3 Å². The van der Waals surface area contributed by atoms with Crippen LogP contribution in [0.5, 0.6) is 0 Å². The highest BCUT2D eigenvalue weighted by Gasteiger charge is 2.29. The van der Waals surface area contributed by atoms with Crippen molar-refractivity contribution in [3.63, 3.8) is 0 Å². The average molecular weight is 527 g/mol. The fraction of sp³-hybridized carbons (Fsp3) is 0.429. The highest BCUT2D eigenvalue weighted by atomic mass is 32.2. The van der Waals surface area contributed by atoms with E-state index in [0.717, 1.165) is 22.9 Å². The SMILES string of the molecule is CC(C)C[C@H](NC(=O)[C@H](Cc1ccccc1)NC(=O)[C@H](C)N)C(=O)N[C@@H](C)C(=O)SCc1ccccc1. The number of carbonyl (C=O) groups excluding carboxylic acids is 4. The van der Waals surface area contributed by atoms with Gasteiger partial charge >= 0.3 is 0 Å². The zero-order valence-corrected chi connectivity index (χ0v) is 22.7. The third kappa shape index (κ3) is 10.8. The smallest absolute Gasteiger partial charge is 0.243 e. The number of nitrogens with two attached hydrogens (primary N) is 1. The first-order chi connectivity index (χ1) is 17.6. The molecule has 0 aromatic heterocycles. The first kappa shape index (κ1) is 30.1. The molecule has 2 aromatic carbocycles. The maximum atomic E-state index is 13.3. The zero-order chi connectivity index (χ0) is 27.4. The van der Waals surface area contributed by atoms with Gasteiger partial charge in [0.1, 0.15) is 12.1 Å². The quantitative estimate of drug-likeness (QED) is 0.317. The molecule has 3 amide bonds. The molecule has 2 aromatic rings. The summed E-state index contributed by atoms with van der Waals surface area (Å²) in [5.74, 6) is -0.792. The first-order valence-corrected chi connectivity index (χ1v) is 13.5. The summed E-state index contributed by atoms with van der Waals surface area (Å²) >= 11 is 1.13. The molecular formula is C28H38N4O4S. The summed E-state index contributed by atoms with van der Waals surface area (Å²) in [6.07, 6.45) is 0.612. The minimum Gasteiger partial charge on any atom is -0.344 e. The number of hydrogen-bond donors (Lipinski definition) is 4.